The minimum atomic E-state index is -0.331. The van der Waals surface area contributed by atoms with Gasteiger partial charge in [0.15, 0.2) is 11.5 Å². The lowest BCUT2D eigenvalue weighted by molar-refractivity contribution is -0.0715. The quantitative estimate of drug-likeness (QED) is 0.0717. The van der Waals surface area contributed by atoms with Gasteiger partial charge >= 0.3 is 0 Å². The second-order valence-electron chi connectivity index (χ2n) is 16.8. The van der Waals surface area contributed by atoms with Gasteiger partial charge in [0.25, 0.3) is 0 Å². The van der Waals surface area contributed by atoms with E-state index in [0.29, 0.717) is 38.3 Å². The predicted octanol–water partition coefficient (Wildman–Crippen LogP) is 15.9. The molecule has 56 heavy (non-hydrogen) atoms. The summed E-state index contributed by atoms with van der Waals surface area (Å²) in [4.78, 5) is 8.13. The molecule has 2 atom stereocenters. The molecular weight excluding hydrogens is 749 g/mol. The van der Waals surface area contributed by atoms with Crippen LogP contribution in [0, 0.1) is 44.9 Å². The summed E-state index contributed by atoms with van der Waals surface area (Å²) in [6.07, 6.45) is 22.9. The van der Waals surface area contributed by atoms with Gasteiger partial charge in [-0.05, 0) is 101 Å². The first-order valence-electron chi connectivity index (χ1n) is 22.8. The molecule has 0 saturated carbocycles. The van der Waals surface area contributed by atoms with E-state index < -0.39 is 0 Å². The first-order valence-corrected chi connectivity index (χ1v) is 25.3. The van der Waals surface area contributed by atoms with Crippen LogP contribution in [0.1, 0.15) is 175 Å². The molecule has 7 heteroatoms. The Labute approximate surface area is 356 Å². The minimum Gasteiger partial charge on any atom is -0.488 e. The molecular formula is C49H82O4S3. The molecule has 0 aliphatic carbocycles. The lowest BCUT2D eigenvalue weighted by atomic mass is 9.91. The number of ether oxygens (including phenoxy) is 4. The number of aryl methyl sites for hydroxylation is 6. The van der Waals surface area contributed by atoms with Gasteiger partial charge in [-0.25, -0.2) is 0 Å². The molecule has 4 rings (SSSR count). The van der Waals surface area contributed by atoms with E-state index in [1.54, 1.807) is 5.56 Å². The van der Waals surface area contributed by atoms with Crippen molar-refractivity contribution in [2.45, 2.75) is 185 Å². The Morgan fingerprint density at radius 2 is 1.07 bits per heavy atom. The van der Waals surface area contributed by atoms with Crippen molar-refractivity contribution in [3.05, 3.63) is 42.8 Å². The highest BCUT2D eigenvalue weighted by atomic mass is 32.1. The van der Waals surface area contributed by atoms with Crippen molar-refractivity contribution in [2.75, 3.05) is 39.6 Å². The maximum Gasteiger partial charge on any atom is 0.180 e. The van der Waals surface area contributed by atoms with Crippen molar-refractivity contribution in [1.29, 1.82) is 0 Å². The maximum atomic E-state index is 6.76. The smallest absolute Gasteiger partial charge is 0.180 e. The van der Waals surface area contributed by atoms with E-state index in [-0.39, 0.29) is 5.41 Å². The van der Waals surface area contributed by atoms with Crippen LogP contribution in [0.4, 0.5) is 0 Å². The summed E-state index contributed by atoms with van der Waals surface area (Å²) in [5.74, 6) is 3.06. The van der Waals surface area contributed by atoms with E-state index in [1.807, 2.05) is 34.0 Å². The third-order valence-corrected chi connectivity index (χ3v) is 15.0. The van der Waals surface area contributed by atoms with E-state index in [1.165, 1.54) is 131 Å². The molecule has 0 aromatic carbocycles. The molecule has 3 aromatic heterocycles. The fraction of sp³-hybridized carbons (Fsp3) is 0.755. The van der Waals surface area contributed by atoms with Crippen molar-refractivity contribution in [1.82, 2.24) is 0 Å². The number of rotatable bonds is 27. The number of thiophene rings is 3. The molecule has 0 radical (unpaired) electrons. The van der Waals surface area contributed by atoms with Crippen LogP contribution >= 0.6 is 34.0 Å². The molecule has 0 bridgehead atoms. The first kappa shape index (κ1) is 49.0. The minimum absolute atomic E-state index is 0.331. The van der Waals surface area contributed by atoms with Crippen LogP contribution in [0.2, 0.25) is 0 Å². The normalized spacial score (nSPS) is 16.4. The van der Waals surface area contributed by atoms with E-state index >= 15 is 0 Å². The zero-order valence-corrected chi connectivity index (χ0v) is 40.1. The van der Waals surface area contributed by atoms with Crippen molar-refractivity contribution in [3.8, 4) is 21.3 Å². The van der Waals surface area contributed by atoms with E-state index in [2.05, 4.69) is 81.4 Å². The van der Waals surface area contributed by atoms with Gasteiger partial charge in [0, 0.05) is 37.6 Å². The summed E-state index contributed by atoms with van der Waals surface area (Å²) in [6.45, 7) is 26.4. The molecule has 1 aliphatic rings. The summed E-state index contributed by atoms with van der Waals surface area (Å²) in [5.41, 5.74) is 2.74. The van der Waals surface area contributed by atoms with Crippen LogP contribution in [0.5, 0.6) is 11.5 Å². The van der Waals surface area contributed by atoms with E-state index in [4.69, 9.17) is 18.9 Å². The van der Waals surface area contributed by atoms with Crippen LogP contribution in [0.25, 0.3) is 9.75 Å². The molecule has 0 amide bonds. The lowest BCUT2D eigenvalue weighted by Crippen LogP contribution is -2.43. The Kier molecular flexibility index (Phi) is 24.0. The largest absolute Gasteiger partial charge is 0.488 e. The second-order valence-corrected chi connectivity index (χ2v) is 20.8. The van der Waals surface area contributed by atoms with Gasteiger partial charge in [0.2, 0.25) is 0 Å². The van der Waals surface area contributed by atoms with E-state index in [9.17, 15) is 0 Å². The molecule has 0 spiro atoms. The highest BCUT2D eigenvalue weighted by molar-refractivity contribution is 7.22. The monoisotopic (exact) mass is 831 g/mol. The molecule has 320 valence electrons. The predicted molar refractivity (Wildman–Crippen MR) is 248 cm³/mol. The van der Waals surface area contributed by atoms with Crippen molar-refractivity contribution in [2.24, 2.45) is 17.3 Å². The van der Waals surface area contributed by atoms with Gasteiger partial charge < -0.3 is 18.9 Å². The Morgan fingerprint density at radius 3 is 1.55 bits per heavy atom. The molecule has 0 fully saturated rings. The number of hydrogen-bond donors (Lipinski definition) is 0. The SMILES string of the molecule is CCCCCCc1cc(-c2sc(C)c3c2OCC(COCC(CC)CCCC)(COCC(CC)CCCC)CO3)sc1C.CCCCCCc1cc(C)sc1C. The highest BCUT2D eigenvalue weighted by Gasteiger charge is 2.39. The van der Waals surface area contributed by atoms with Gasteiger partial charge in [-0.15, -0.1) is 34.0 Å². The number of fused-ring (bicyclic) bond motifs is 1. The van der Waals surface area contributed by atoms with Crippen LogP contribution in [0.15, 0.2) is 12.1 Å². The summed E-state index contributed by atoms with van der Waals surface area (Å²) in [7, 11) is 0. The van der Waals surface area contributed by atoms with Gasteiger partial charge in [0.1, 0.15) is 13.2 Å². The van der Waals surface area contributed by atoms with Gasteiger partial charge in [-0.1, -0.05) is 119 Å². The van der Waals surface area contributed by atoms with Gasteiger partial charge in [-0.3, -0.25) is 0 Å². The second kappa shape index (κ2) is 27.4. The zero-order chi connectivity index (χ0) is 40.8. The Morgan fingerprint density at radius 1 is 0.571 bits per heavy atom. The lowest BCUT2D eigenvalue weighted by Gasteiger charge is -2.32. The standard InChI is InChI=1S/C37H62O4S2.C12H20S/c1-8-13-16-17-20-32-21-33(42-28(32)6)36-35-34(29(7)43-36)40-26-37(27-41-35,24-38-22-30(11-4)18-14-9-2)25-39-23-31(12-5)19-15-10-3;1-4-5-6-7-8-12-9-10(2)13-11(12)3/h21,30-31H,8-20,22-27H2,1-7H3;9H,4-8H2,1-3H3. The van der Waals surface area contributed by atoms with Crippen LogP contribution < -0.4 is 9.47 Å². The average molecular weight is 831 g/mol. The first-order chi connectivity index (χ1) is 27.1. The summed E-state index contributed by atoms with van der Waals surface area (Å²) < 4.78 is 26.4. The Hall–Kier alpha value is -1.38. The third-order valence-electron chi connectivity index (χ3n) is 11.6. The third kappa shape index (κ3) is 16.3. The average Bonchev–Trinajstić information content (AvgIpc) is 3.79. The molecule has 3 aromatic rings. The van der Waals surface area contributed by atoms with Crippen LogP contribution in [-0.2, 0) is 22.3 Å². The molecule has 2 unspecified atom stereocenters. The maximum absolute atomic E-state index is 6.76. The van der Waals surface area contributed by atoms with Gasteiger partial charge in [-0.2, -0.15) is 0 Å². The molecule has 4 heterocycles. The molecule has 1 aliphatic heterocycles. The highest BCUT2D eigenvalue weighted by Crippen LogP contribution is 2.52. The fourth-order valence-corrected chi connectivity index (χ4v) is 10.8. The topological polar surface area (TPSA) is 36.9 Å². The van der Waals surface area contributed by atoms with Crippen molar-refractivity contribution >= 4 is 34.0 Å². The Balaban J connectivity index is 0.000000546. The summed E-state index contributed by atoms with van der Waals surface area (Å²) >= 11 is 5.64. The van der Waals surface area contributed by atoms with Crippen LogP contribution in [0.3, 0.4) is 0 Å². The van der Waals surface area contributed by atoms with E-state index in [0.717, 1.165) is 44.0 Å². The Bertz CT molecular complexity index is 1450. The summed E-state index contributed by atoms with van der Waals surface area (Å²) in [6, 6.07) is 4.76. The van der Waals surface area contributed by atoms with Crippen molar-refractivity contribution < 1.29 is 18.9 Å². The number of unbranched alkanes of at least 4 members (excludes halogenated alkanes) is 8. The molecule has 0 N–H and O–H groups in total. The molecule has 4 nitrogen and oxygen atoms in total. The zero-order valence-electron chi connectivity index (χ0n) is 37.6. The number of hydrogen-bond acceptors (Lipinski definition) is 7. The summed E-state index contributed by atoms with van der Waals surface area (Å²) in [5, 5.41) is 0. The molecule has 0 saturated heterocycles. The van der Waals surface area contributed by atoms with Gasteiger partial charge in [0.05, 0.1) is 23.5 Å². The fourth-order valence-electron chi connectivity index (χ4n) is 7.65. The van der Waals surface area contributed by atoms with Crippen molar-refractivity contribution in [3.63, 3.8) is 0 Å². The van der Waals surface area contributed by atoms with Crippen LogP contribution in [-0.4, -0.2) is 39.6 Å².